The first-order valence-electron chi connectivity index (χ1n) is 3.78. The Morgan fingerprint density at radius 3 is 3.18 bits per heavy atom. The number of hydrogen-bond acceptors (Lipinski definition) is 2. The van der Waals surface area contributed by atoms with Crippen LogP contribution >= 0.6 is 0 Å². The lowest BCUT2D eigenvalue weighted by Crippen LogP contribution is -2.22. The molecule has 1 aliphatic heterocycles. The Labute approximate surface area is 66.4 Å². The minimum absolute atomic E-state index is 0.0960. The summed E-state index contributed by atoms with van der Waals surface area (Å²) in [4.78, 5) is 11.2. The van der Waals surface area contributed by atoms with Gasteiger partial charge in [0.05, 0.1) is 0 Å². The lowest BCUT2D eigenvalue weighted by Gasteiger charge is -2.09. The summed E-state index contributed by atoms with van der Waals surface area (Å²) in [6.45, 7) is 4.30. The van der Waals surface area contributed by atoms with Crippen molar-refractivity contribution in [3.63, 3.8) is 0 Å². The monoisotopic (exact) mass is 152 g/mol. The molecule has 0 N–H and O–H groups in total. The largest absolute Gasteiger partial charge is 0.273 e. The third kappa shape index (κ3) is 2.18. The van der Waals surface area contributed by atoms with E-state index in [-0.39, 0.29) is 5.91 Å². The lowest BCUT2D eigenvalue weighted by molar-refractivity contribution is -0.130. The molecule has 0 aromatic rings. The van der Waals surface area contributed by atoms with Crippen molar-refractivity contribution in [2.45, 2.75) is 19.3 Å². The third-order valence-electron chi connectivity index (χ3n) is 1.54. The molecule has 1 rings (SSSR count). The van der Waals surface area contributed by atoms with Crippen molar-refractivity contribution in [1.29, 1.82) is 0 Å². The zero-order valence-electron chi connectivity index (χ0n) is 6.49. The second kappa shape index (κ2) is 3.91. The van der Waals surface area contributed by atoms with E-state index in [1.807, 2.05) is 0 Å². The van der Waals surface area contributed by atoms with Crippen LogP contribution < -0.4 is 0 Å². The van der Waals surface area contributed by atoms with Crippen LogP contribution in [-0.2, 0) is 4.79 Å². The molecule has 0 unspecified atom stereocenters. The Morgan fingerprint density at radius 1 is 1.82 bits per heavy atom. The number of amides is 1. The minimum Gasteiger partial charge on any atom is -0.273 e. The van der Waals surface area contributed by atoms with Gasteiger partial charge in [-0.1, -0.05) is 6.08 Å². The van der Waals surface area contributed by atoms with Gasteiger partial charge in [0.2, 0.25) is 5.91 Å². The first-order valence-corrected chi connectivity index (χ1v) is 3.78. The van der Waals surface area contributed by atoms with Crippen molar-refractivity contribution in [2.75, 3.05) is 6.54 Å². The molecule has 0 saturated carbocycles. The molecule has 0 aromatic carbocycles. The van der Waals surface area contributed by atoms with Crippen LogP contribution in [-0.4, -0.2) is 23.7 Å². The SMILES string of the molecule is C=CCCC(=O)N1CCC=N1. The number of hydrogen-bond donors (Lipinski definition) is 0. The lowest BCUT2D eigenvalue weighted by atomic mass is 10.3. The third-order valence-corrected chi connectivity index (χ3v) is 1.54. The molecular formula is C8H12N2O. The van der Waals surface area contributed by atoms with Crippen LogP contribution in [0.2, 0.25) is 0 Å². The summed E-state index contributed by atoms with van der Waals surface area (Å²) < 4.78 is 0. The van der Waals surface area contributed by atoms with Crippen molar-refractivity contribution < 1.29 is 4.79 Å². The Hall–Kier alpha value is -1.12. The zero-order chi connectivity index (χ0) is 8.10. The fourth-order valence-corrected chi connectivity index (χ4v) is 0.938. The van der Waals surface area contributed by atoms with Crippen LogP contribution in [0, 0.1) is 0 Å². The molecule has 0 radical (unpaired) electrons. The van der Waals surface area contributed by atoms with Gasteiger partial charge < -0.3 is 0 Å². The summed E-state index contributed by atoms with van der Waals surface area (Å²) in [6.07, 6.45) is 5.68. The molecule has 0 aliphatic carbocycles. The second-order valence-corrected chi connectivity index (χ2v) is 2.43. The summed E-state index contributed by atoms with van der Waals surface area (Å²) in [5.41, 5.74) is 0. The summed E-state index contributed by atoms with van der Waals surface area (Å²) >= 11 is 0. The second-order valence-electron chi connectivity index (χ2n) is 2.43. The highest BCUT2D eigenvalue weighted by Crippen LogP contribution is 2.04. The summed E-state index contributed by atoms with van der Waals surface area (Å²) in [5.74, 6) is 0.0960. The van der Waals surface area contributed by atoms with Crippen molar-refractivity contribution >= 4 is 12.1 Å². The topological polar surface area (TPSA) is 32.7 Å². The standard InChI is InChI=1S/C8H12N2O/c1-2-3-5-8(11)10-7-4-6-9-10/h2,6H,1,3-5,7H2. The van der Waals surface area contributed by atoms with Gasteiger partial charge in [-0.25, -0.2) is 5.01 Å². The van der Waals surface area contributed by atoms with Gasteiger partial charge in [-0.15, -0.1) is 6.58 Å². The quantitative estimate of drug-likeness (QED) is 0.559. The molecule has 0 aromatic heterocycles. The molecule has 0 saturated heterocycles. The van der Waals surface area contributed by atoms with Crippen LogP contribution in [0.15, 0.2) is 17.8 Å². The number of hydrazone groups is 1. The number of nitrogens with zero attached hydrogens (tertiary/aromatic N) is 2. The van der Waals surface area contributed by atoms with Gasteiger partial charge in [0.15, 0.2) is 0 Å². The van der Waals surface area contributed by atoms with Gasteiger partial charge >= 0.3 is 0 Å². The van der Waals surface area contributed by atoms with Crippen molar-refractivity contribution in [3.8, 4) is 0 Å². The predicted molar refractivity (Wildman–Crippen MR) is 44.3 cm³/mol. The number of carbonyl (C=O) groups is 1. The van der Waals surface area contributed by atoms with E-state index in [0.717, 1.165) is 19.4 Å². The molecule has 0 fully saturated rings. The van der Waals surface area contributed by atoms with E-state index in [1.165, 1.54) is 5.01 Å². The molecule has 0 atom stereocenters. The van der Waals surface area contributed by atoms with E-state index in [2.05, 4.69) is 11.7 Å². The van der Waals surface area contributed by atoms with E-state index in [1.54, 1.807) is 12.3 Å². The highest BCUT2D eigenvalue weighted by atomic mass is 16.2. The van der Waals surface area contributed by atoms with E-state index >= 15 is 0 Å². The van der Waals surface area contributed by atoms with Gasteiger partial charge in [0.25, 0.3) is 0 Å². The van der Waals surface area contributed by atoms with Gasteiger partial charge in [0, 0.05) is 25.6 Å². The highest BCUT2D eigenvalue weighted by Gasteiger charge is 2.13. The Balaban J connectivity index is 2.29. The first-order chi connectivity index (χ1) is 5.34. The molecule has 1 aliphatic rings. The summed E-state index contributed by atoms with van der Waals surface area (Å²) in [7, 11) is 0. The van der Waals surface area contributed by atoms with Crippen LogP contribution in [0.5, 0.6) is 0 Å². The van der Waals surface area contributed by atoms with E-state index in [9.17, 15) is 4.79 Å². The average molecular weight is 152 g/mol. The number of carbonyl (C=O) groups excluding carboxylic acids is 1. The van der Waals surface area contributed by atoms with Gasteiger partial charge in [-0.2, -0.15) is 5.10 Å². The zero-order valence-corrected chi connectivity index (χ0v) is 6.49. The van der Waals surface area contributed by atoms with E-state index in [0.29, 0.717) is 6.42 Å². The maximum absolute atomic E-state index is 11.2. The molecule has 11 heavy (non-hydrogen) atoms. The van der Waals surface area contributed by atoms with E-state index < -0.39 is 0 Å². The highest BCUT2D eigenvalue weighted by molar-refractivity contribution is 5.78. The van der Waals surface area contributed by atoms with Crippen LogP contribution in [0.1, 0.15) is 19.3 Å². The van der Waals surface area contributed by atoms with Gasteiger partial charge in [0.1, 0.15) is 0 Å². The van der Waals surface area contributed by atoms with E-state index in [4.69, 9.17) is 0 Å². The fraction of sp³-hybridized carbons (Fsp3) is 0.500. The van der Waals surface area contributed by atoms with Crippen LogP contribution in [0.3, 0.4) is 0 Å². The Bertz CT molecular complexity index is 187. The molecule has 1 amide bonds. The van der Waals surface area contributed by atoms with Crippen molar-refractivity contribution in [3.05, 3.63) is 12.7 Å². The van der Waals surface area contributed by atoms with Crippen LogP contribution in [0.4, 0.5) is 0 Å². The molecule has 3 heteroatoms. The first kappa shape index (κ1) is 7.98. The number of allylic oxidation sites excluding steroid dienone is 1. The maximum atomic E-state index is 11.2. The van der Waals surface area contributed by atoms with Crippen LogP contribution in [0.25, 0.3) is 0 Å². The minimum atomic E-state index is 0.0960. The maximum Gasteiger partial charge on any atom is 0.242 e. The average Bonchev–Trinajstić information content (AvgIpc) is 2.52. The molecular weight excluding hydrogens is 140 g/mol. The molecule has 1 heterocycles. The smallest absolute Gasteiger partial charge is 0.242 e. The normalized spacial score (nSPS) is 15.5. The summed E-state index contributed by atoms with van der Waals surface area (Å²) in [6, 6.07) is 0. The molecule has 3 nitrogen and oxygen atoms in total. The molecule has 0 bridgehead atoms. The van der Waals surface area contributed by atoms with Gasteiger partial charge in [-0.3, -0.25) is 4.79 Å². The Morgan fingerprint density at radius 2 is 2.64 bits per heavy atom. The Kier molecular flexibility index (Phi) is 2.83. The van der Waals surface area contributed by atoms with Crippen molar-refractivity contribution in [1.82, 2.24) is 5.01 Å². The molecule has 0 spiro atoms. The fourth-order valence-electron chi connectivity index (χ4n) is 0.938. The van der Waals surface area contributed by atoms with Gasteiger partial charge in [-0.05, 0) is 6.42 Å². The predicted octanol–water partition coefficient (Wildman–Crippen LogP) is 1.17. The number of rotatable bonds is 3. The molecule has 60 valence electrons. The van der Waals surface area contributed by atoms with Crippen molar-refractivity contribution in [2.24, 2.45) is 5.10 Å². The summed E-state index contributed by atoms with van der Waals surface area (Å²) in [5, 5.41) is 5.43.